The highest BCUT2D eigenvalue weighted by Gasteiger charge is 2.12. The number of nitrogens with one attached hydrogen (secondary N) is 2. The zero-order chi connectivity index (χ0) is 22.4. The molecule has 0 saturated heterocycles. The average molecular weight is 436 g/mol. The largest absolute Gasteiger partial charge is 0.325 e. The Morgan fingerprint density at radius 1 is 0.903 bits per heavy atom. The summed E-state index contributed by atoms with van der Waals surface area (Å²) in [5, 5.41) is 16.5. The molecule has 0 aliphatic carbocycles. The monoisotopic (exact) mass is 435 g/mol. The maximum absolute atomic E-state index is 12.4. The number of carbonyl (C=O) groups is 2. The van der Waals surface area contributed by atoms with Crippen molar-refractivity contribution in [3.8, 4) is 0 Å². The molecule has 2 amide bonds. The van der Waals surface area contributed by atoms with Gasteiger partial charge in [0.15, 0.2) is 0 Å². The predicted molar refractivity (Wildman–Crippen MR) is 123 cm³/mol. The number of nitrogens with zero attached hydrogens (tertiary/aromatic N) is 1. The number of amides is 2. The van der Waals surface area contributed by atoms with Crippen LogP contribution in [-0.2, 0) is 4.79 Å². The lowest BCUT2D eigenvalue weighted by atomic mass is 10.1. The number of thioether (sulfide) groups is 1. The van der Waals surface area contributed by atoms with Crippen LogP contribution >= 0.6 is 11.8 Å². The molecule has 0 spiro atoms. The molecule has 0 atom stereocenters. The Kier molecular flexibility index (Phi) is 7.04. The smallest absolute Gasteiger partial charge is 0.270 e. The number of aryl methyl sites for hydroxylation is 2. The lowest BCUT2D eigenvalue weighted by molar-refractivity contribution is -0.384. The minimum Gasteiger partial charge on any atom is -0.325 e. The van der Waals surface area contributed by atoms with Gasteiger partial charge in [-0.2, -0.15) is 0 Å². The third-order valence-electron chi connectivity index (χ3n) is 4.57. The van der Waals surface area contributed by atoms with Gasteiger partial charge in [0.25, 0.3) is 11.6 Å². The van der Waals surface area contributed by atoms with Crippen LogP contribution in [0.2, 0.25) is 0 Å². The van der Waals surface area contributed by atoms with E-state index < -0.39 is 10.8 Å². The van der Waals surface area contributed by atoms with Crippen LogP contribution in [0, 0.1) is 24.0 Å². The van der Waals surface area contributed by atoms with Crippen molar-refractivity contribution in [2.24, 2.45) is 0 Å². The summed E-state index contributed by atoms with van der Waals surface area (Å²) in [6.45, 7) is 4.01. The summed E-state index contributed by atoms with van der Waals surface area (Å²) in [5.74, 6) is -0.354. The maximum Gasteiger partial charge on any atom is 0.270 e. The van der Waals surface area contributed by atoms with Crippen LogP contribution in [0.1, 0.15) is 21.5 Å². The molecule has 3 aromatic carbocycles. The Hall–Kier alpha value is -3.65. The van der Waals surface area contributed by atoms with Gasteiger partial charge in [-0.1, -0.05) is 18.2 Å². The summed E-state index contributed by atoms with van der Waals surface area (Å²) < 4.78 is 0. The first-order valence-corrected chi connectivity index (χ1v) is 10.5. The molecule has 0 saturated carbocycles. The van der Waals surface area contributed by atoms with Gasteiger partial charge in [0.2, 0.25) is 5.91 Å². The van der Waals surface area contributed by atoms with E-state index in [0.29, 0.717) is 5.69 Å². The molecule has 0 aliphatic rings. The van der Waals surface area contributed by atoms with Gasteiger partial charge in [0.1, 0.15) is 0 Å². The van der Waals surface area contributed by atoms with Crippen molar-refractivity contribution < 1.29 is 14.5 Å². The average Bonchev–Trinajstić information content (AvgIpc) is 2.75. The van der Waals surface area contributed by atoms with Gasteiger partial charge < -0.3 is 10.6 Å². The molecule has 0 bridgehead atoms. The van der Waals surface area contributed by atoms with E-state index in [-0.39, 0.29) is 22.9 Å². The standard InChI is InChI=1S/C23H21N3O4S/c1-15-9-10-19(11-16(15)2)24-22(27)14-31-21-8-4-6-18(13-21)25-23(28)17-5-3-7-20(12-17)26(29)30/h3-13H,14H2,1-2H3,(H,24,27)(H,25,28). The molecule has 0 unspecified atom stereocenters. The van der Waals surface area contributed by atoms with Crippen LogP contribution in [-0.4, -0.2) is 22.5 Å². The summed E-state index contributed by atoms with van der Waals surface area (Å²) in [4.78, 5) is 35.8. The van der Waals surface area contributed by atoms with Crippen LogP contribution in [0.4, 0.5) is 17.1 Å². The zero-order valence-corrected chi connectivity index (χ0v) is 17.9. The summed E-state index contributed by atoms with van der Waals surface area (Å²) in [5.41, 5.74) is 3.61. The Morgan fingerprint density at radius 3 is 2.39 bits per heavy atom. The Balaban J connectivity index is 1.59. The van der Waals surface area contributed by atoms with Gasteiger partial charge in [-0.3, -0.25) is 19.7 Å². The Morgan fingerprint density at radius 2 is 1.65 bits per heavy atom. The van der Waals surface area contributed by atoms with Crippen LogP contribution in [0.3, 0.4) is 0 Å². The van der Waals surface area contributed by atoms with Crippen molar-refractivity contribution >= 4 is 40.6 Å². The second-order valence-corrected chi connectivity index (χ2v) is 7.97. The molecule has 2 N–H and O–H groups in total. The fourth-order valence-corrected chi connectivity index (χ4v) is 3.55. The van der Waals surface area contributed by atoms with Crippen molar-refractivity contribution in [1.82, 2.24) is 0 Å². The molecule has 3 aromatic rings. The fraction of sp³-hybridized carbons (Fsp3) is 0.130. The molecule has 0 radical (unpaired) electrons. The molecule has 0 aliphatic heterocycles. The SMILES string of the molecule is Cc1ccc(NC(=O)CSc2cccc(NC(=O)c3cccc([N+](=O)[O-])c3)c2)cc1C. The van der Waals surface area contributed by atoms with Crippen LogP contribution in [0.15, 0.2) is 71.6 Å². The van der Waals surface area contributed by atoms with Crippen molar-refractivity contribution in [2.45, 2.75) is 18.7 Å². The Labute approximate surface area is 184 Å². The van der Waals surface area contributed by atoms with Gasteiger partial charge in [0.05, 0.1) is 10.7 Å². The molecular formula is C23H21N3O4S. The second-order valence-electron chi connectivity index (χ2n) is 6.93. The van der Waals surface area contributed by atoms with E-state index in [9.17, 15) is 19.7 Å². The number of nitro groups is 1. The van der Waals surface area contributed by atoms with Gasteiger partial charge >= 0.3 is 0 Å². The predicted octanol–water partition coefficient (Wildman–Crippen LogP) is 5.19. The number of nitro benzene ring substituents is 1. The number of rotatable bonds is 7. The number of hydrogen-bond donors (Lipinski definition) is 2. The van der Waals surface area contributed by atoms with E-state index in [1.54, 1.807) is 18.2 Å². The lowest BCUT2D eigenvalue weighted by Gasteiger charge is -2.09. The van der Waals surface area contributed by atoms with E-state index in [1.165, 1.54) is 36.0 Å². The highest BCUT2D eigenvalue weighted by atomic mass is 32.2. The number of carbonyl (C=O) groups excluding carboxylic acids is 2. The molecule has 158 valence electrons. The summed E-state index contributed by atoms with van der Waals surface area (Å²) >= 11 is 1.35. The van der Waals surface area contributed by atoms with E-state index >= 15 is 0 Å². The quantitative estimate of drug-likeness (QED) is 0.302. The highest BCUT2D eigenvalue weighted by molar-refractivity contribution is 8.00. The van der Waals surface area contributed by atoms with Crippen molar-refractivity contribution in [3.05, 3.63) is 93.5 Å². The maximum atomic E-state index is 12.4. The third kappa shape index (κ3) is 6.16. The lowest BCUT2D eigenvalue weighted by Crippen LogP contribution is -2.14. The van der Waals surface area contributed by atoms with E-state index in [2.05, 4.69) is 10.6 Å². The first-order valence-electron chi connectivity index (χ1n) is 9.47. The number of benzene rings is 3. The van der Waals surface area contributed by atoms with Crippen molar-refractivity contribution in [1.29, 1.82) is 0 Å². The van der Waals surface area contributed by atoms with Gasteiger partial charge in [-0.15, -0.1) is 11.8 Å². The summed E-state index contributed by atoms with van der Waals surface area (Å²) in [6.07, 6.45) is 0. The van der Waals surface area contributed by atoms with Gasteiger partial charge in [-0.05, 0) is 61.4 Å². The van der Waals surface area contributed by atoms with Gasteiger partial charge in [0, 0.05) is 34.0 Å². The minimum absolute atomic E-state index is 0.126. The second kappa shape index (κ2) is 9.90. The number of non-ortho nitro benzene ring substituents is 1. The van der Waals surface area contributed by atoms with Crippen LogP contribution in [0.25, 0.3) is 0 Å². The summed E-state index contributed by atoms with van der Waals surface area (Å²) in [7, 11) is 0. The van der Waals surface area contributed by atoms with E-state index in [0.717, 1.165) is 21.7 Å². The highest BCUT2D eigenvalue weighted by Crippen LogP contribution is 2.23. The summed E-state index contributed by atoms with van der Waals surface area (Å²) in [6, 6.07) is 18.4. The first kappa shape index (κ1) is 22.0. The molecule has 31 heavy (non-hydrogen) atoms. The molecule has 8 heteroatoms. The topological polar surface area (TPSA) is 101 Å². The normalized spacial score (nSPS) is 10.4. The van der Waals surface area contributed by atoms with Crippen molar-refractivity contribution in [3.63, 3.8) is 0 Å². The molecular weight excluding hydrogens is 414 g/mol. The molecule has 3 rings (SSSR count). The van der Waals surface area contributed by atoms with Crippen LogP contribution < -0.4 is 10.6 Å². The van der Waals surface area contributed by atoms with Gasteiger partial charge in [-0.25, -0.2) is 0 Å². The molecule has 0 heterocycles. The molecule has 0 fully saturated rings. The zero-order valence-electron chi connectivity index (χ0n) is 17.0. The first-order chi connectivity index (χ1) is 14.8. The fourth-order valence-electron chi connectivity index (χ4n) is 2.79. The van der Waals surface area contributed by atoms with E-state index in [1.807, 2.05) is 38.1 Å². The number of hydrogen-bond acceptors (Lipinski definition) is 5. The van der Waals surface area contributed by atoms with Crippen LogP contribution in [0.5, 0.6) is 0 Å². The van der Waals surface area contributed by atoms with E-state index in [4.69, 9.17) is 0 Å². The molecule has 0 aromatic heterocycles. The number of anilines is 2. The Bertz CT molecular complexity index is 1150. The minimum atomic E-state index is -0.545. The third-order valence-corrected chi connectivity index (χ3v) is 5.57. The van der Waals surface area contributed by atoms with Crippen molar-refractivity contribution in [2.75, 3.05) is 16.4 Å². The molecule has 7 nitrogen and oxygen atoms in total.